The van der Waals surface area contributed by atoms with Gasteiger partial charge >= 0.3 is 0 Å². The lowest BCUT2D eigenvalue weighted by atomic mass is 9.95. The predicted octanol–water partition coefficient (Wildman–Crippen LogP) is 3.66. The van der Waals surface area contributed by atoms with Crippen LogP contribution >= 0.6 is 0 Å². The number of benzene rings is 1. The van der Waals surface area contributed by atoms with Gasteiger partial charge in [-0.05, 0) is 36.1 Å². The molecule has 0 saturated heterocycles. The molecule has 0 bridgehead atoms. The molecule has 0 aliphatic heterocycles. The van der Waals surface area contributed by atoms with Crippen LogP contribution in [0.2, 0.25) is 0 Å². The zero-order chi connectivity index (χ0) is 17.3. The highest BCUT2D eigenvalue weighted by atomic mass is 32.2. The van der Waals surface area contributed by atoms with E-state index >= 15 is 0 Å². The van der Waals surface area contributed by atoms with Crippen LogP contribution in [-0.2, 0) is 10.0 Å². The first-order valence-corrected chi connectivity index (χ1v) is 8.69. The second kappa shape index (κ2) is 6.29. The van der Waals surface area contributed by atoms with E-state index < -0.39 is 22.2 Å². The van der Waals surface area contributed by atoms with E-state index in [4.69, 9.17) is 9.66 Å². The molecular formula is C16H14F2N2O3S. The summed E-state index contributed by atoms with van der Waals surface area (Å²) >= 11 is 0. The van der Waals surface area contributed by atoms with Gasteiger partial charge in [-0.2, -0.15) is 0 Å². The molecule has 8 heteroatoms. The van der Waals surface area contributed by atoms with E-state index in [1.807, 2.05) is 12.2 Å². The highest BCUT2D eigenvalue weighted by molar-refractivity contribution is 7.89. The summed E-state index contributed by atoms with van der Waals surface area (Å²) in [6.07, 6.45) is 4.22. The second-order valence-electron chi connectivity index (χ2n) is 5.30. The number of hydrogen-bond donors (Lipinski definition) is 1. The lowest BCUT2D eigenvalue weighted by Crippen LogP contribution is -2.11. The summed E-state index contributed by atoms with van der Waals surface area (Å²) in [6, 6.07) is 5.37. The van der Waals surface area contributed by atoms with E-state index in [-0.39, 0.29) is 10.5 Å². The van der Waals surface area contributed by atoms with E-state index in [1.54, 1.807) is 6.08 Å². The van der Waals surface area contributed by atoms with Gasteiger partial charge in [0.05, 0.1) is 10.5 Å². The molecule has 2 N–H and O–H groups in total. The first-order chi connectivity index (χ1) is 11.4. The lowest BCUT2D eigenvalue weighted by molar-refractivity contribution is 0.113. The van der Waals surface area contributed by atoms with Crippen molar-refractivity contribution in [3.8, 4) is 11.1 Å². The Morgan fingerprint density at radius 2 is 1.92 bits per heavy atom. The molecule has 3 rings (SSSR count). The maximum Gasteiger partial charge on any atom is 0.298 e. The van der Waals surface area contributed by atoms with E-state index in [1.165, 1.54) is 24.3 Å². The molecule has 5 nitrogen and oxygen atoms in total. The third-order valence-corrected chi connectivity index (χ3v) is 4.64. The average Bonchev–Trinajstić information content (AvgIpc) is 3.00. The largest absolute Gasteiger partial charge is 0.354 e. The van der Waals surface area contributed by atoms with Gasteiger partial charge in [-0.25, -0.2) is 22.3 Å². The topological polar surface area (TPSA) is 86.2 Å². The number of primary sulfonamides is 1. The van der Waals surface area contributed by atoms with Gasteiger partial charge in [-0.1, -0.05) is 35.5 Å². The van der Waals surface area contributed by atoms with Gasteiger partial charge < -0.3 is 4.52 Å². The summed E-state index contributed by atoms with van der Waals surface area (Å²) < 4.78 is 54.1. The fraction of sp³-hybridized carbons (Fsp3) is 0.188. The SMILES string of the molecule is NS(=O)(=O)c1ccc(-c2c(C3=CC=CCC3)noc2C(F)F)cc1. The normalized spacial score (nSPS) is 14.9. The first kappa shape index (κ1) is 16.5. The Labute approximate surface area is 137 Å². The minimum Gasteiger partial charge on any atom is -0.354 e. The maximum absolute atomic E-state index is 13.3. The van der Waals surface area contributed by atoms with Crippen molar-refractivity contribution in [1.82, 2.24) is 5.16 Å². The molecule has 1 aromatic heterocycles. The smallest absolute Gasteiger partial charge is 0.298 e. The Morgan fingerprint density at radius 1 is 1.21 bits per heavy atom. The van der Waals surface area contributed by atoms with Gasteiger partial charge in [0.15, 0.2) is 0 Å². The Hall–Kier alpha value is -2.32. The van der Waals surface area contributed by atoms with E-state index in [0.29, 0.717) is 17.7 Å². The van der Waals surface area contributed by atoms with Crippen molar-refractivity contribution in [3.63, 3.8) is 0 Å². The highest BCUT2D eigenvalue weighted by Crippen LogP contribution is 2.39. The van der Waals surface area contributed by atoms with Gasteiger partial charge in [-0.3, -0.25) is 0 Å². The van der Waals surface area contributed by atoms with Gasteiger partial charge in [0.2, 0.25) is 15.8 Å². The average molecular weight is 352 g/mol. The summed E-state index contributed by atoms with van der Waals surface area (Å²) in [5.41, 5.74) is 1.70. The van der Waals surface area contributed by atoms with Crippen LogP contribution in [0.15, 0.2) is 51.9 Å². The maximum atomic E-state index is 13.3. The minimum atomic E-state index is -3.85. The van der Waals surface area contributed by atoms with Crippen LogP contribution in [0.3, 0.4) is 0 Å². The summed E-state index contributed by atoms with van der Waals surface area (Å²) in [4.78, 5) is -0.0948. The molecule has 1 heterocycles. The van der Waals surface area contributed by atoms with Crippen LogP contribution < -0.4 is 5.14 Å². The predicted molar refractivity (Wildman–Crippen MR) is 84.6 cm³/mol. The van der Waals surface area contributed by atoms with Crippen LogP contribution in [0.4, 0.5) is 8.78 Å². The molecule has 0 unspecified atom stereocenters. The van der Waals surface area contributed by atoms with Crippen molar-refractivity contribution in [1.29, 1.82) is 0 Å². The van der Waals surface area contributed by atoms with Crippen molar-refractivity contribution >= 4 is 15.6 Å². The monoisotopic (exact) mass is 352 g/mol. The van der Waals surface area contributed by atoms with Crippen LogP contribution in [0, 0.1) is 0 Å². The van der Waals surface area contributed by atoms with Gasteiger partial charge in [0.1, 0.15) is 5.69 Å². The van der Waals surface area contributed by atoms with Crippen molar-refractivity contribution in [2.24, 2.45) is 5.14 Å². The number of nitrogens with two attached hydrogens (primary N) is 1. The number of alkyl halides is 2. The van der Waals surface area contributed by atoms with Crippen molar-refractivity contribution in [2.75, 3.05) is 0 Å². The van der Waals surface area contributed by atoms with Crippen molar-refractivity contribution < 1.29 is 21.7 Å². The second-order valence-corrected chi connectivity index (χ2v) is 6.86. The number of hydrogen-bond acceptors (Lipinski definition) is 4. The standard InChI is InChI=1S/C16H14F2N2O3S/c17-16(18)15-13(10-6-8-12(9-7-10)24(19,21)22)14(20-23-15)11-4-2-1-3-5-11/h1-2,4,6-9,16H,3,5H2,(H2,19,21,22). The van der Waals surface area contributed by atoms with E-state index in [9.17, 15) is 17.2 Å². The Bertz CT molecular complexity index is 913. The molecule has 0 spiro atoms. The summed E-state index contributed by atoms with van der Waals surface area (Å²) in [7, 11) is -3.85. The number of rotatable bonds is 4. The van der Waals surface area contributed by atoms with Crippen molar-refractivity contribution in [3.05, 3.63) is 53.9 Å². The molecular weight excluding hydrogens is 338 g/mol. The van der Waals surface area contributed by atoms with Crippen molar-refractivity contribution in [2.45, 2.75) is 24.2 Å². The summed E-state index contributed by atoms with van der Waals surface area (Å²) in [5.74, 6) is -0.538. The molecule has 0 atom stereocenters. The minimum absolute atomic E-state index is 0.0948. The molecule has 1 aromatic carbocycles. The summed E-state index contributed by atoms with van der Waals surface area (Å²) in [6.45, 7) is 0. The van der Waals surface area contributed by atoms with Crippen LogP contribution in [0.1, 0.15) is 30.7 Å². The third kappa shape index (κ3) is 3.15. The molecule has 0 saturated carbocycles. The van der Waals surface area contributed by atoms with Crippen LogP contribution in [0.5, 0.6) is 0 Å². The molecule has 0 fully saturated rings. The third-order valence-electron chi connectivity index (χ3n) is 3.71. The molecule has 0 radical (unpaired) electrons. The Morgan fingerprint density at radius 3 is 2.46 bits per heavy atom. The molecule has 1 aliphatic rings. The lowest BCUT2D eigenvalue weighted by Gasteiger charge is -2.09. The molecule has 2 aromatic rings. The van der Waals surface area contributed by atoms with Gasteiger partial charge in [-0.15, -0.1) is 0 Å². The van der Waals surface area contributed by atoms with Gasteiger partial charge in [0, 0.05) is 0 Å². The number of aromatic nitrogens is 1. The first-order valence-electron chi connectivity index (χ1n) is 7.15. The fourth-order valence-electron chi connectivity index (χ4n) is 2.56. The molecule has 24 heavy (non-hydrogen) atoms. The van der Waals surface area contributed by atoms with E-state index in [2.05, 4.69) is 5.16 Å². The molecule has 126 valence electrons. The number of nitrogens with zero attached hydrogens (tertiary/aromatic N) is 1. The quantitative estimate of drug-likeness (QED) is 0.910. The number of sulfonamides is 1. The van der Waals surface area contributed by atoms with E-state index in [0.717, 1.165) is 12.0 Å². The van der Waals surface area contributed by atoms with Crippen LogP contribution in [-0.4, -0.2) is 13.6 Å². The fourth-order valence-corrected chi connectivity index (χ4v) is 3.08. The summed E-state index contributed by atoms with van der Waals surface area (Å²) in [5, 5.41) is 8.86. The Kier molecular flexibility index (Phi) is 4.33. The number of halogens is 2. The molecule has 0 amide bonds. The number of allylic oxidation sites excluding steroid dienone is 4. The highest BCUT2D eigenvalue weighted by Gasteiger charge is 2.26. The Balaban J connectivity index is 2.13. The zero-order valence-corrected chi connectivity index (χ0v) is 13.3. The zero-order valence-electron chi connectivity index (χ0n) is 12.4. The van der Waals surface area contributed by atoms with Gasteiger partial charge in [0.25, 0.3) is 6.43 Å². The molecule has 1 aliphatic carbocycles. The van der Waals surface area contributed by atoms with Crippen LogP contribution in [0.25, 0.3) is 16.7 Å².